The van der Waals surface area contributed by atoms with Gasteiger partial charge in [-0.3, -0.25) is 0 Å². The molecule has 2 aliphatic rings. The Balaban J connectivity index is 1.91. The third-order valence-corrected chi connectivity index (χ3v) is 6.93. The molecule has 0 aromatic heterocycles. The largest absolute Gasteiger partial charge is 0.381 e. The molecule has 6 heteroatoms. The quantitative estimate of drug-likeness (QED) is 0.840. The van der Waals surface area contributed by atoms with Gasteiger partial charge in [0.25, 0.3) is 0 Å². The van der Waals surface area contributed by atoms with E-state index in [9.17, 15) is 8.42 Å². The lowest BCUT2D eigenvalue weighted by molar-refractivity contribution is 0.00239. The number of nitrogens with zero attached hydrogens (tertiary/aromatic N) is 2. The lowest BCUT2D eigenvalue weighted by Gasteiger charge is -2.40. The molecule has 0 amide bonds. The number of hydrogen-bond donors (Lipinski definition) is 0. The highest BCUT2D eigenvalue weighted by Gasteiger charge is 2.48. The van der Waals surface area contributed by atoms with Gasteiger partial charge in [-0.05, 0) is 25.1 Å². The molecule has 2 fully saturated rings. The molecule has 3 rings (SSSR count). The topological polar surface area (TPSA) is 49.9 Å². The number of ether oxygens (including phenoxy) is 1. The molecule has 122 valence electrons. The van der Waals surface area contributed by atoms with Crippen molar-refractivity contribution in [2.24, 2.45) is 5.92 Å². The summed E-state index contributed by atoms with van der Waals surface area (Å²) in [6, 6.07) is 8.77. The van der Waals surface area contributed by atoms with Gasteiger partial charge in [-0.15, -0.1) is 0 Å². The van der Waals surface area contributed by atoms with Gasteiger partial charge in [-0.2, -0.15) is 4.31 Å². The molecule has 22 heavy (non-hydrogen) atoms. The first-order valence-corrected chi connectivity index (χ1v) is 9.34. The van der Waals surface area contributed by atoms with Crippen LogP contribution in [-0.4, -0.2) is 63.1 Å². The zero-order valence-corrected chi connectivity index (χ0v) is 14.0. The molecule has 0 saturated carbocycles. The average molecular weight is 324 g/mol. The van der Waals surface area contributed by atoms with Gasteiger partial charge in [0.2, 0.25) is 10.0 Å². The van der Waals surface area contributed by atoms with Crippen LogP contribution in [0.1, 0.15) is 13.3 Å². The molecule has 2 saturated heterocycles. The average Bonchev–Trinajstić information content (AvgIpc) is 2.98. The summed E-state index contributed by atoms with van der Waals surface area (Å²) in [5, 5.41) is 0. The zero-order chi connectivity index (χ0) is 15.7. The van der Waals surface area contributed by atoms with E-state index in [-0.39, 0.29) is 18.1 Å². The lowest BCUT2D eigenvalue weighted by Crippen LogP contribution is -2.53. The standard InChI is InChI=1S/C16H24N2O3S/c1-3-17-11-14-15(12-17)18(10-9-16(14)21-2)22(19,20)13-7-5-4-6-8-13/h4-8,14-16H,3,9-12H2,1-2H3/t14-,15+,16+/m0/s1. The number of methoxy groups -OCH3 is 1. The predicted molar refractivity (Wildman–Crippen MR) is 85.1 cm³/mol. The van der Waals surface area contributed by atoms with Gasteiger partial charge in [0.15, 0.2) is 0 Å². The summed E-state index contributed by atoms with van der Waals surface area (Å²) < 4.78 is 33.3. The number of sulfonamides is 1. The van der Waals surface area contributed by atoms with Gasteiger partial charge >= 0.3 is 0 Å². The minimum absolute atomic E-state index is 0.0175. The molecule has 1 aromatic carbocycles. The predicted octanol–water partition coefficient (Wildman–Crippen LogP) is 1.42. The second-order valence-electron chi connectivity index (χ2n) is 6.08. The Morgan fingerprint density at radius 2 is 1.95 bits per heavy atom. The van der Waals surface area contributed by atoms with Crippen molar-refractivity contribution in [2.45, 2.75) is 30.4 Å². The van der Waals surface area contributed by atoms with Crippen LogP contribution in [0.3, 0.4) is 0 Å². The van der Waals surface area contributed by atoms with Gasteiger partial charge < -0.3 is 9.64 Å². The van der Waals surface area contributed by atoms with Crippen LogP contribution in [0, 0.1) is 5.92 Å². The minimum Gasteiger partial charge on any atom is -0.381 e. The Morgan fingerprint density at radius 3 is 2.59 bits per heavy atom. The maximum atomic E-state index is 13.0. The second kappa shape index (κ2) is 6.28. The molecule has 1 aromatic rings. The molecular weight excluding hydrogens is 300 g/mol. The first-order chi connectivity index (χ1) is 10.6. The first-order valence-electron chi connectivity index (χ1n) is 7.90. The van der Waals surface area contributed by atoms with Crippen LogP contribution < -0.4 is 0 Å². The van der Waals surface area contributed by atoms with E-state index in [1.54, 1.807) is 35.7 Å². The Labute approximate surface area is 132 Å². The summed E-state index contributed by atoms with van der Waals surface area (Å²) in [6.07, 6.45) is 0.921. The first kappa shape index (κ1) is 15.9. The molecule has 0 bridgehead atoms. The molecule has 0 unspecified atom stereocenters. The van der Waals surface area contributed by atoms with Crippen LogP contribution in [0.25, 0.3) is 0 Å². The lowest BCUT2D eigenvalue weighted by atomic mass is 9.91. The van der Waals surface area contributed by atoms with Crippen molar-refractivity contribution >= 4 is 10.0 Å². The third-order valence-electron chi connectivity index (χ3n) is 4.99. The Morgan fingerprint density at radius 1 is 1.23 bits per heavy atom. The van der Waals surface area contributed by atoms with E-state index in [1.165, 1.54) is 0 Å². The molecule has 0 spiro atoms. The maximum absolute atomic E-state index is 13.0. The monoisotopic (exact) mass is 324 g/mol. The third kappa shape index (κ3) is 2.69. The van der Waals surface area contributed by atoms with Crippen LogP contribution in [0.15, 0.2) is 35.2 Å². The highest BCUT2D eigenvalue weighted by Crippen LogP contribution is 2.35. The summed E-state index contributed by atoms with van der Waals surface area (Å²) >= 11 is 0. The molecule has 3 atom stereocenters. The smallest absolute Gasteiger partial charge is 0.243 e. The van der Waals surface area contributed by atoms with Crippen molar-refractivity contribution < 1.29 is 13.2 Å². The SMILES string of the molecule is CCN1C[C@H]2[C@@H](C1)N(S(=O)(=O)c1ccccc1)CC[C@H]2OC. The number of piperidine rings is 1. The van der Waals surface area contributed by atoms with Crippen molar-refractivity contribution in [3.8, 4) is 0 Å². The van der Waals surface area contributed by atoms with E-state index < -0.39 is 10.0 Å². The fourth-order valence-corrected chi connectivity index (χ4v) is 5.47. The molecule has 2 aliphatic heterocycles. The Kier molecular flexibility index (Phi) is 4.54. The summed E-state index contributed by atoms with van der Waals surface area (Å²) in [5.74, 6) is 0.261. The minimum atomic E-state index is -3.43. The van der Waals surface area contributed by atoms with E-state index >= 15 is 0 Å². The molecule has 0 N–H and O–H groups in total. The van der Waals surface area contributed by atoms with Crippen molar-refractivity contribution in [1.82, 2.24) is 9.21 Å². The highest BCUT2D eigenvalue weighted by atomic mass is 32.2. The van der Waals surface area contributed by atoms with Crippen LogP contribution >= 0.6 is 0 Å². The summed E-state index contributed by atoms with van der Waals surface area (Å²) in [4.78, 5) is 2.71. The molecule has 2 heterocycles. The number of likely N-dealkylation sites (tertiary alicyclic amines) is 1. The molecule has 0 radical (unpaired) electrons. The van der Waals surface area contributed by atoms with Crippen molar-refractivity contribution in [3.63, 3.8) is 0 Å². The van der Waals surface area contributed by atoms with Gasteiger partial charge in [0, 0.05) is 38.7 Å². The van der Waals surface area contributed by atoms with Crippen molar-refractivity contribution in [1.29, 1.82) is 0 Å². The number of rotatable bonds is 4. The summed E-state index contributed by atoms with van der Waals surface area (Å²) in [7, 11) is -1.69. The molecule has 5 nitrogen and oxygen atoms in total. The Hall–Kier alpha value is -0.950. The number of fused-ring (bicyclic) bond motifs is 1. The van der Waals surface area contributed by atoms with Crippen LogP contribution in [0.4, 0.5) is 0 Å². The molecule has 0 aliphatic carbocycles. The Bertz CT molecular complexity index is 605. The number of hydrogen-bond acceptors (Lipinski definition) is 4. The fraction of sp³-hybridized carbons (Fsp3) is 0.625. The van der Waals surface area contributed by atoms with E-state index in [0.717, 1.165) is 26.1 Å². The van der Waals surface area contributed by atoms with E-state index in [0.29, 0.717) is 11.4 Å². The van der Waals surface area contributed by atoms with Crippen LogP contribution in [0.5, 0.6) is 0 Å². The van der Waals surface area contributed by atoms with Gasteiger partial charge in [0.1, 0.15) is 0 Å². The second-order valence-corrected chi connectivity index (χ2v) is 7.97. The number of benzene rings is 1. The van der Waals surface area contributed by atoms with Crippen molar-refractivity contribution in [2.75, 3.05) is 33.3 Å². The van der Waals surface area contributed by atoms with Crippen molar-refractivity contribution in [3.05, 3.63) is 30.3 Å². The molecular formula is C16H24N2O3S. The van der Waals surface area contributed by atoms with Crippen LogP contribution in [0.2, 0.25) is 0 Å². The van der Waals surface area contributed by atoms with E-state index in [2.05, 4.69) is 11.8 Å². The summed E-state index contributed by atoms with van der Waals surface area (Å²) in [6.45, 7) is 5.32. The fourth-order valence-electron chi connectivity index (χ4n) is 3.78. The zero-order valence-electron chi connectivity index (χ0n) is 13.2. The maximum Gasteiger partial charge on any atom is 0.243 e. The van der Waals surface area contributed by atoms with Crippen LogP contribution in [-0.2, 0) is 14.8 Å². The highest BCUT2D eigenvalue weighted by molar-refractivity contribution is 7.89. The van der Waals surface area contributed by atoms with E-state index in [1.807, 2.05) is 6.07 Å². The van der Waals surface area contributed by atoms with E-state index in [4.69, 9.17) is 4.74 Å². The van der Waals surface area contributed by atoms with Gasteiger partial charge in [-0.25, -0.2) is 8.42 Å². The summed E-state index contributed by atoms with van der Waals surface area (Å²) in [5.41, 5.74) is 0. The number of likely N-dealkylation sites (N-methyl/N-ethyl adjacent to an activating group) is 1. The normalized spacial score (nSPS) is 30.4. The van der Waals surface area contributed by atoms with Gasteiger partial charge in [-0.1, -0.05) is 25.1 Å². The van der Waals surface area contributed by atoms with Gasteiger partial charge in [0.05, 0.1) is 11.0 Å².